The second-order valence-corrected chi connectivity index (χ2v) is 7.47. The normalized spacial score (nSPS) is 19.6. The molecule has 0 aliphatic carbocycles. The number of carbonyl (C=O) groups is 2. The number of amides is 1. The van der Waals surface area contributed by atoms with Gasteiger partial charge in [0, 0.05) is 6.42 Å². The van der Waals surface area contributed by atoms with E-state index in [1.807, 2.05) is 0 Å². The number of sulfone groups is 1. The monoisotopic (exact) mass is 327 g/mol. The molecule has 7 nitrogen and oxygen atoms in total. The second-order valence-electron chi connectivity index (χ2n) is 5.24. The third-order valence-electron chi connectivity index (χ3n) is 3.53. The van der Waals surface area contributed by atoms with Crippen LogP contribution >= 0.6 is 0 Å². The summed E-state index contributed by atoms with van der Waals surface area (Å²) in [6.07, 6.45) is 0.522. The van der Waals surface area contributed by atoms with Gasteiger partial charge in [-0.2, -0.15) is 0 Å². The van der Waals surface area contributed by atoms with E-state index in [2.05, 4.69) is 5.32 Å². The van der Waals surface area contributed by atoms with E-state index in [-0.39, 0.29) is 35.1 Å². The Balaban J connectivity index is 2.07. The van der Waals surface area contributed by atoms with Crippen LogP contribution in [0.15, 0.2) is 18.2 Å². The molecule has 1 aliphatic rings. The number of methoxy groups -OCH3 is 1. The van der Waals surface area contributed by atoms with Crippen molar-refractivity contribution in [3.05, 3.63) is 23.8 Å². The topological polar surface area (TPSA) is 110 Å². The van der Waals surface area contributed by atoms with Gasteiger partial charge < -0.3 is 15.2 Å². The van der Waals surface area contributed by atoms with E-state index in [1.165, 1.54) is 19.2 Å². The molecule has 120 valence electrons. The summed E-state index contributed by atoms with van der Waals surface area (Å²) in [5, 5.41) is 11.7. The van der Waals surface area contributed by atoms with Gasteiger partial charge >= 0.3 is 5.97 Å². The molecule has 1 amide bonds. The van der Waals surface area contributed by atoms with Crippen molar-refractivity contribution in [2.24, 2.45) is 5.92 Å². The number of carbonyl (C=O) groups excluding carboxylic acids is 1. The van der Waals surface area contributed by atoms with E-state index in [0.29, 0.717) is 12.2 Å². The van der Waals surface area contributed by atoms with Crippen LogP contribution in [0.4, 0.5) is 5.69 Å². The fraction of sp³-hybridized carbons (Fsp3) is 0.429. The first kappa shape index (κ1) is 16.3. The van der Waals surface area contributed by atoms with Crippen molar-refractivity contribution in [1.82, 2.24) is 0 Å². The molecule has 2 N–H and O–H groups in total. The Bertz CT molecular complexity index is 697. The largest absolute Gasteiger partial charge is 0.497 e. The van der Waals surface area contributed by atoms with Crippen LogP contribution in [0.25, 0.3) is 0 Å². The van der Waals surface area contributed by atoms with E-state index < -0.39 is 21.7 Å². The molecule has 1 heterocycles. The number of carboxylic acid groups (broad SMARTS) is 1. The number of hydrogen-bond acceptors (Lipinski definition) is 5. The van der Waals surface area contributed by atoms with Crippen molar-refractivity contribution in [3.63, 3.8) is 0 Å². The lowest BCUT2D eigenvalue weighted by Gasteiger charge is -2.12. The summed E-state index contributed by atoms with van der Waals surface area (Å²) in [4.78, 5) is 23.2. The summed E-state index contributed by atoms with van der Waals surface area (Å²) in [5.41, 5.74) is 0.0888. The van der Waals surface area contributed by atoms with Crippen LogP contribution in [-0.4, -0.2) is 44.0 Å². The maximum Gasteiger partial charge on any atom is 0.337 e. The Hall–Kier alpha value is -2.09. The van der Waals surface area contributed by atoms with Gasteiger partial charge in [0.2, 0.25) is 5.91 Å². The Morgan fingerprint density at radius 3 is 2.68 bits per heavy atom. The predicted octanol–water partition coefficient (Wildman–Crippen LogP) is 1.16. The summed E-state index contributed by atoms with van der Waals surface area (Å²) in [7, 11) is -1.62. The molecule has 0 aromatic heterocycles. The Kier molecular flexibility index (Phi) is 4.70. The van der Waals surface area contributed by atoms with E-state index >= 15 is 0 Å². The number of rotatable bonds is 5. The molecule has 2 rings (SSSR count). The molecule has 1 fully saturated rings. The lowest BCUT2D eigenvalue weighted by Crippen LogP contribution is -2.19. The summed E-state index contributed by atoms with van der Waals surface area (Å²) in [5.74, 6) is -1.30. The molecule has 1 aromatic rings. The Morgan fingerprint density at radius 2 is 2.14 bits per heavy atom. The van der Waals surface area contributed by atoms with Gasteiger partial charge in [0.15, 0.2) is 9.84 Å². The van der Waals surface area contributed by atoms with Gasteiger partial charge in [0.25, 0.3) is 0 Å². The molecule has 8 heteroatoms. The van der Waals surface area contributed by atoms with Gasteiger partial charge in [0.05, 0.1) is 29.9 Å². The van der Waals surface area contributed by atoms with Crippen LogP contribution in [0.5, 0.6) is 5.75 Å². The molecule has 0 radical (unpaired) electrons. The highest BCUT2D eigenvalue weighted by atomic mass is 32.2. The molecule has 1 unspecified atom stereocenters. The maximum absolute atomic E-state index is 12.0. The van der Waals surface area contributed by atoms with Crippen LogP contribution in [-0.2, 0) is 14.6 Å². The highest BCUT2D eigenvalue weighted by Gasteiger charge is 2.29. The number of benzene rings is 1. The van der Waals surface area contributed by atoms with Crippen molar-refractivity contribution in [1.29, 1.82) is 0 Å². The minimum atomic E-state index is -3.04. The second kappa shape index (κ2) is 6.35. The van der Waals surface area contributed by atoms with Gasteiger partial charge in [-0.3, -0.25) is 4.79 Å². The molecule has 1 aromatic carbocycles. The average Bonchev–Trinajstić information content (AvgIpc) is 2.77. The summed E-state index contributed by atoms with van der Waals surface area (Å²) < 4.78 is 27.7. The van der Waals surface area contributed by atoms with E-state index in [4.69, 9.17) is 9.84 Å². The van der Waals surface area contributed by atoms with E-state index in [9.17, 15) is 18.0 Å². The zero-order chi connectivity index (χ0) is 16.3. The molecular formula is C14H17NO6S. The fourth-order valence-corrected chi connectivity index (χ4v) is 4.29. The van der Waals surface area contributed by atoms with Crippen molar-refractivity contribution < 1.29 is 27.9 Å². The zero-order valence-corrected chi connectivity index (χ0v) is 12.9. The first-order valence-electron chi connectivity index (χ1n) is 6.72. The number of aromatic carboxylic acids is 1. The zero-order valence-electron chi connectivity index (χ0n) is 12.0. The molecule has 1 saturated heterocycles. The van der Waals surface area contributed by atoms with E-state index in [0.717, 1.165) is 0 Å². The van der Waals surface area contributed by atoms with Crippen molar-refractivity contribution in [3.8, 4) is 5.75 Å². The highest BCUT2D eigenvalue weighted by molar-refractivity contribution is 7.91. The summed E-state index contributed by atoms with van der Waals surface area (Å²) >= 11 is 0. The van der Waals surface area contributed by atoms with Crippen LogP contribution in [0.1, 0.15) is 23.2 Å². The maximum atomic E-state index is 12.0. The molecule has 0 spiro atoms. The van der Waals surface area contributed by atoms with Crippen LogP contribution in [0.2, 0.25) is 0 Å². The third-order valence-corrected chi connectivity index (χ3v) is 5.37. The number of ether oxygens (including phenoxy) is 1. The van der Waals surface area contributed by atoms with Crippen LogP contribution in [0.3, 0.4) is 0 Å². The van der Waals surface area contributed by atoms with Crippen LogP contribution < -0.4 is 10.1 Å². The lowest BCUT2D eigenvalue weighted by molar-refractivity contribution is -0.116. The van der Waals surface area contributed by atoms with Crippen LogP contribution in [0, 0.1) is 5.92 Å². The minimum absolute atomic E-state index is 0.00875. The quantitative estimate of drug-likeness (QED) is 0.839. The van der Waals surface area contributed by atoms with Gasteiger partial charge in [0.1, 0.15) is 5.75 Å². The number of anilines is 1. The standard InChI is InChI=1S/C14H17NO6S/c1-21-10-2-3-12(11(7-10)14(17)18)15-13(16)6-9-4-5-22(19,20)8-9/h2-3,7,9H,4-6,8H2,1H3,(H,15,16)(H,17,18). The molecular weight excluding hydrogens is 310 g/mol. The van der Waals surface area contributed by atoms with Gasteiger partial charge in [-0.1, -0.05) is 0 Å². The van der Waals surface area contributed by atoms with Gasteiger partial charge in [-0.25, -0.2) is 13.2 Å². The molecule has 22 heavy (non-hydrogen) atoms. The highest BCUT2D eigenvalue weighted by Crippen LogP contribution is 2.25. The van der Waals surface area contributed by atoms with Crippen molar-refractivity contribution in [2.75, 3.05) is 23.9 Å². The number of carboxylic acids is 1. The Morgan fingerprint density at radius 1 is 1.41 bits per heavy atom. The van der Waals surface area contributed by atoms with E-state index in [1.54, 1.807) is 6.07 Å². The first-order chi connectivity index (χ1) is 10.3. The molecule has 1 atom stereocenters. The lowest BCUT2D eigenvalue weighted by atomic mass is 10.0. The SMILES string of the molecule is COc1ccc(NC(=O)CC2CCS(=O)(=O)C2)c(C(=O)O)c1. The van der Waals surface area contributed by atoms with Crippen molar-refractivity contribution in [2.45, 2.75) is 12.8 Å². The Labute approximate surface area is 128 Å². The number of hydrogen-bond donors (Lipinski definition) is 2. The van der Waals surface area contributed by atoms with Gasteiger partial charge in [-0.05, 0) is 30.5 Å². The summed E-state index contributed by atoms with van der Waals surface area (Å²) in [6, 6.07) is 4.31. The predicted molar refractivity (Wildman–Crippen MR) is 80.0 cm³/mol. The third kappa shape index (κ3) is 3.97. The molecule has 1 aliphatic heterocycles. The average molecular weight is 327 g/mol. The van der Waals surface area contributed by atoms with Crippen molar-refractivity contribution >= 4 is 27.4 Å². The summed E-state index contributed by atoms with van der Waals surface area (Å²) in [6.45, 7) is 0. The first-order valence-corrected chi connectivity index (χ1v) is 8.54. The minimum Gasteiger partial charge on any atom is -0.497 e. The molecule has 0 saturated carbocycles. The fourth-order valence-electron chi connectivity index (χ4n) is 2.43. The smallest absolute Gasteiger partial charge is 0.337 e. The number of nitrogens with one attached hydrogen (secondary N) is 1. The van der Waals surface area contributed by atoms with Gasteiger partial charge in [-0.15, -0.1) is 0 Å². The molecule has 0 bridgehead atoms.